The van der Waals surface area contributed by atoms with Gasteiger partial charge in [-0.1, -0.05) is 36.4 Å². The van der Waals surface area contributed by atoms with Crippen LogP contribution in [0, 0.1) is 0 Å². The number of rotatable bonds is 4. The summed E-state index contributed by atoms with van der Waals surface area (Å²) in [6.07, 6.45) is 6.80. The Labute approximate surface area is 157 Å². The van der Waals surface area contributed by atoms with Crippen LogP contribution in [-0.2, 0) is 0 Å². The van der Waals surface area contributed by atoms with Gasteiger partial charge in [0.1, 0.15) is 0 Å². The van der Waals surface area contributed by atoms with Gasteiger partial charge >= 0.3 is 0 Å². The van der Waals surface area contributed by atoms with Crippen molar-refractivity contribution in [3.8, 4) is 22.3 Å². The van der Waals surface area contributed by atoms with Crippen molar-refractivity contribution in [2.24, 2.45) is 0 Å². The minimum atomic E-state index is -0.146. The molecule has 0 aliphatic rings. The normalized spacial score (nSPS) is 10.4. The maximum absolute atomic E-state index is 12.2. The fraction of sp³-hybridized carbons (Fsp3) is 0. The Morgan fingerprint density at radius 1 is 0.556 bits per heavy atom. The minimum absolute atomic E-state index is 0.146. The lowest BCUT2D eigenvalue weighted by molar-refractivity contribution is 0.102. The highest BCUT2D eigenvalue weighted by Crippen LogP contribution is 2.25. The lowest BCUT2D eigenvalue weighted by Crippen LogP contribution is -2.11. The quantitative estimate of drug-likeness (QED) is 0.559. The van der Waals surface area contributed by atoms with Crippen molar-refractivity contribution >= 4 is 11.6 Å². The summed E-state index contributed by atoms with van der Waals surface area (Å²) in [7, 11) is 0. The summed E-state index contributed by atoms with van der Waals surface area (Å²) >= 11 is 0. The molecule has 27 heavy (non-hydrogen) atoms. The van der Waals surface area contributed by atoms with Gasteiger partial charge < -0.3 is 5.32 Å². The Kier molecular flexibility index (Phi) is 4.70. The number of carbonyl (C=O) groups excluding carboxylic acids is 1. The highest BCUT2D eigenvalue weighted by molar-refractivity contribution is 6.04. The molecule has 0 saturated heterocycles. The van der Waals surface area contributed by atoms with Crippen LogP contribution in [-0.4, -0.2) is 15.9 Å². The first-order valence-electron chi connectivity index (χ1n) is 8.62. The SMILES string of the molecule is O=C(Nc1ccc(-c2ccc(-c3ccncc3)cc2)cc1)c1ccncc1. The monoisotopic (exact) mass is 351 g/mol. The topological polar surface area (TPSA) is 54.9 Å². The molecule has 0 saturated carbocycles. The van der Waals surface area contributed by atoms with Gasteiger partial charge in [0.15, 0.2) is 0 Å². The zero-order chi connectivity index (χ0) is 18.5. The third-order valence-electron chi connectivity index (χ3n) is 4.32. The molecule has 0 spiro atoms. The Hall–Kier alpha value is -3.79. The first-order chi connectivity index (χ1) is 13.3. The van der Waals surface area contributed by atoms with Crippen molar-refractivity contribution in [1.29, 1.82) is 0 Å². The standard InChI is InChI=1S/C23H17N3O/c27-23(21-11-15-25-16-12-21)26-22-7-5-19(6-8-22)17-1-3-18(4-2-17)20-9-13-24-14-10-20/h1-16H,(H,26,27). The van der Waals surface area contributed by atoms with Gasteiger partial charge in [-0.25, -0.2) is 0 Å². The van der Waals surface area contributed by atoms with Crippen molar-refractivity contribution < 1.29 is 4.79 Å². The smallest absolute Gasteiger partial charge is 0.255 e. The fourth-order valence-electron chi connectivity index (χ4n) is 2.85. The molecule has 4 aromatic rings. The van der Waals surface area contributed by atoms with E-state index in [0.717, 1.165) is 27.9 Å². The molecule has 2 aromatic heterocycles. The number of nitrogens with one attached hydrogen (secondary N) is 1. The third kappa shape index (κ3) is 3.90. The molecule has 0 aliphatic heterocycles. The van der Waals surface area contributed by atoms with Crippen LogP contribution in [0.3, 0.4) is 0 Å². The molecule has 4 nitrogen and oxygen atoms in total. The number of hydrogen-bond donors (Lipinski definition) is 1. The number of benzene rings is 2. The first kappa shape index (κ1) is 16.7. The Morgan fingerprint density at radius 3 is 1.48 bits per heavy atom. The maximum Gasteiger partial charge on any atom is 0.255 e. The molecule has 4 rings (SSSR count). The highest BCUT2D eigenvalue weighted by Gasteiger charge is 2.06. The van der Waals surface area contributed by atoms with Crippen molar-refractivity contribution in [3.63, 3.8) is 0 Å². The molecule has 0 bridgehead atoms. The van der Waals surface area contributed by atoms with Crippen LogP contribution in [0.4, 0.5) is 5.69 Å². The van der Waals surface area contributed by atoms with Gasteiger partial charge in [0, 0.05) is 36.0 Å². The van der Waals surface area contributed by atoms with Gasteiger partial charge in [-0.2, -0.15) is 0 Å². The van der Waals surface area contributed by atoms with Crippen LogP contribution in [0.25, 0.3) is 22.3 Å². The predicted molar refractivity (Wildman–Crippen MR) is 107 cm³/mol. The predicted octanol–water partition coefficient (Wildman–Crippen LogP) is 5.06. The second kappa shape index (κ2) is 7.62. The summed E-state index contributed by atoms with van der Waals surface area (Å²) in [5.74, 6) is -0.146. The van der Waals surface area contributed by atoms with E-state index in [0.29, 0.717) is 5.56 Å². The molecular weight excluding hydrogens is 334 g/mol. The number of carbonyl (C=O) groups is 1. The van der Waals surface area contributed by atoms with E-state index < -0.39 is 0 Å². The largest absolute Gasteiger partial charge is 0.322 e. The first-order valence-corrected chi connectivity index (χ1v) is 8.62. The van der Waals surface area contributed by atoms with E-state index in [2.05, 4.69) is 39.6 Å². The lowest BCUT2D eigenvalue weighted by Gasteiger charge is -2.08. The molecule has 0 unspecified atom stereocenters. The van der Waals surface area contributed by atoms with Crippen LogP contribution in [0.1, 0.15) is 10.4 Å². The lowest BCUT2D eigenvalue weighted by atomic mass is 10.0. The summed E-state index contributed by atoms with van der Waals surface area (Å²) < 4.78 is 0. The molecule has 1 N–H and O–H groups in total. The number of pyridine rings is 2. The van der Waals surface area contributed by atoms with E-state index in [1.807, 2.05) is 36.4 Å². The second-order valence-electron chi connectivity index (χ2n) is 6.08. The maximum atomic E-state index is 12.2. The summed E-state index contributed by atoms with van der Waals surface area (Å²) in [5, 5.41) is 2.89. The Balaban J connectivity index is 1.48. The summed E-state index contributed by atoms with van der Waals surface area (Å²) in [4.78, 5) is 20.2. The molecule has 0 atom stereocenters. The average Bonchev–Trinajstić information content (AvgIpc) is 2.76. The second-order valence-corrected chi connectivity index (χ2v) is 6.08. The van der Waals surface area contributed by atoms with Gasteiger partial charge in [-0.15, -0.1) is 0 Å². The van der Waals surface area contributed by atoms with Crippen molar-refractivity contribution in [2.45, 2.75) is 0 Å². The third-order valence-corrected chi connectivity index (χ3v) is 4.32. The molecule has 4 heteroatoms. The summed E-state index contributed by atoms with van der Waals surface area (Å²) in [6, 6.07) is 23.6. The van der Waals surface area contributed by atoms with Gasteiger partial charge in [0.25, 0.3) is 5.91 Å². The van der Waals surface area contributed by atoms with E-state index in [-0.39, 0.29) is 5.91 Å². The molecule has 2 heterocycles. The highest BCUT2D eigenvalue weighted by atomic mass is 16.1. The minimum Gasteiger partial charge on any atom is -0.322 e. The van der Waals surface area contributed by atoms with Crippen LogP contribution >= 0.6 is 0 Å². The van der Waals surface area contributed by atoms with E-state index >= 15 is 0 Å². The van der Waals surface area contributed by atoms with Crippen LogP contribution in [0.5, 0.6) is 0 Å². The number of nitrogens with zero attached hydrogens (tertiary/aromatic N) is 2. The van der Waals surface area contributed by atoms with Crippen LogP contribution in [0.2, 0.25) is 0 Å². The molecular formula is C23H17N3O. The summed E-state index contributed by atoms with van der Waals surface area (Å²) in [5.41, 5.74) is 5.86. The van der Waals surface area contributed by atoms with Crippen molar-refractivity contribution in [2.75, 3.05) is 5.32 Å². The van der Waals surface area contributed by atoms with Gasteiger partial charge in [0.2, 0.25) is 0 Å². The van der Waals surface area contributed by atoms with Gasteiger partial charge in [0.05, 0.1) is 0 Å². The molecule has 2 aromatic carbocycles. The van der Waals surface area contributed by atoms with E-state index in [4.69, 9.17) is 0 Å². The zero-order valence-electron chi connectivity index (χ0n) is 14.5. The number of amides is 1. The Morgan fingerprint density at radius 2 is 0.963 bits per heavy atom. The molecule has 1 amide bonds. The van der Waals surface area contributed by atoms with E-state index in [1.54, 1.807) is 36.9 Å². The fourth-order valence-corrected chi connectivity index (χ4v) is 2.85. The molecule has 0 aliphatic carbocycles. The summed E-state index contributed by atoms with van der Waals surface area (Å²) in [6.45, 7) is 0. The van der Waals surface area contributed by atoms with Crippen molar-refractivity contribution in [3.05, 3.63) is 103 Å². The van der Waals surface area contributed by atoms with Crippen LogP contribution in [0.15, 0.2) is 97.6 Å². The van der Waals surface area contributed by atoms with Crippen molar-refractivity contribution in [1.82, 2.24) is 9.97 Å². The number of anilines is 1. The molecule has 0 radical (unpaired) electrons. The number of hydrogen-bond acceptors (Lipinski definition) is 3. The zero-order valence-corrected chi connectivity index (χ0v) is 14.5. The van der Waals surface area contributed by atoms with E-state index in [1.165, 1.54) is 0 Å². The number of aromatic nitrogens is 2. The molecule has 0 fully saturated rings. The Bertz CT molecular complexity index is 1030. The van der Waals surface area contributed by atoms with Gasteiger partial charge in [-0.05, 0) is 58.7 Å². The van der Waals surface area contributed by atoms with E-state index in [9.17, 15) is 4.79 Å². The average molecular weight is 351 g/mol. The van der Waals surface area contributed by atoms with Gasteiger partial charge in [-0.3, -0.25) is 14.8 Å². The van der Waals surface area contributed by atoms with Crippen LogP contribution < -0.4 is 5.32 Å². The molecule has 130 valence electrons.